The molecule has 20 heavy (non-hydrogen) atoms. The lowest BCUT2D eigenvalue weighted by atomic mass is 10.3. The molecular formula is C12H20N4O3S. The van der Waals surface area contributed by atoms with Crippen molar-refractivity contribution >= 4 is 16.0 Å². The number of hydrogen-bond acceptors (Lipinski definition) is 6. The van der Waals surface area contributed by atoms with Crippen molar-refractivity contribution < 1.29 is 13.2 Å². The van der Waals surface area contributed by atoms with Crippen molar-refractivity contribution in [1.29, 1.82) is 0 Å². The van der Waals surface area contributed by atoms with E-state index >= 15 is 0 Å². The number of nitrogens with one attached hydrogen (secondary N) is 1. The normalized spacial score (nSPS) is 19.4. The van der Waals surface area contributed by atoms with Gasteiger partial charge in [0.25, 0.3) is 0 Å². The molecule has 1 aromatic heterocycles. The summed E-state index contributed by atoms with van der Waals surface area (Å²) in [6.07, 6.45) is 4.35. The zero-order valence-electron chi connectivity index (χ0n) is 11.7. The molecule has 1 saturated heterocycles. The van der Waals surface area contributed by atoms with Crippen LogP contribution < -0.4 is 5.32 Å². The molecule has 1 aromatic rings. The fourth-order valence-electron chi connectivity index (χ4n) is 1.95. The van der Waals surface area contributed by atoms with Gasteiger partial charge in [0.2, 0.25) is 16.0 Å². The molecule has 0 spiro atoms. The third kappa shape index (κ3) is 3.25. The van der Waals surface area contributed by atoms with Crippen LogP contribution in [-0.2, 0) is 14.8 Å². The number of likely N-dealkylation sites (N-methyl/N-ethyl adjacent to an activating group) is 1. The first-order chi connectivity index (χ1) is 9.55. The molecule has 8 heteroatoms. The second kappa shape index (κ2) is 6.47. The van der Waals surface area contributed by atoms with E-state index in [0.717, 1.165) is 13.0 Å². The number of rotatable bonds is 6. The summed E-state index contributed by atoms with van der Waals surface area (Å²) in [6.45, 7) is 3.82. The molecular weight excluding hydrogens is 280 g/mol. The maximum atomic E-state index is 12.4. The monoisotopic (exact) mass is 300 g/mol. The van der Waals surface area contributed by atoms with E-state index in [1.54, 1.807) is 7.05 Å². The molecule has 0 radical (unpaired) electrons. The van der Waals surface area contributed by atoms with Gasteiger partial charge in [-0.2, -0.15) is 4.31 Å². The quantitative estimate of drug-likeness (QED) is 0.833. The molecule has 1 aliphatic heterocycles. The molecule has 0 aromatic carbocycles. The van der Waals surface area contributed by atoms with Crippen LogP contribution in [0.15, 0.2) is 17.3 Å². The van der Waals surface area contributed by atoms with Crippen LogP contribution in [0, 0.1) is 0 Å². The molecule has 1 unspecified atom stereocenters. The van der Waals surface area contributed by atoms with Gasteiger partial charge in [-0.3, -0.25) is 0 Å². The largest absolute Gasteiger partial charge is 0.380 e. The third-order valence-electron chi connectivity index (χ3n) is 3.26. The summed E-state index contributed by atoms with van der Waals surface area (Å²) in [4.78, 5) is 8.17. The highest BCUT2D eigenvalue weighted by atomic mass is 32.2. The predicted molar refractivity (Wildman–Crippen MR) is 75.0 cm³/mol. The molecule has 2 heterocycles. The fourth-order valence-corrected chi connectivity index (χ4v) is 3.21. The van der Waals surface area contributed by atoms with E-state index in [-0.39, 0.29) is 10.9 Å². The number of ether oxygens (including phenoxy) is 1. The number of nitrogens with zero attached hydrogens (tertiary/aromatic N) is 3. The van der Waals surface area contributed by atoms with Crippen molar-refractivity contribution in [2.24, 2.45) is 0 Å². The minimum atomic E-state index is -3.56. The van der Waals surface area contributed by atoms with Crippen LogP contribution in [0.25, 0.3) is 0 Å². The van der Waals surface area contributed by atoms with Crippen LogP contribution in [0.4, 0.5) is 5.95 Å². The summed E-state index contributed by atoms with van der Waals surface area (Å²) < 4.78 is 31.4. The number of aromatic nitrogens is 2. The fraction of sp³-hybridized carbons (Fsp3) is 0.667. The van der Waals surface area contributed by atoms with Gasteiger partial charge in [0.1, 0.15) is 4.90 Å². The Balaban J connectivity index is 2.12. The first-order valence-electron chi connectivity index (χ1n) is 6.67. The van der Waals surface area contributed by atoms with E-state index in [2.05, 4.69) is 15.3 Å². The van der Waals surface area contributed by atoms with E-state index in [0.29, 0.717) is 25.6 Å². The molecule has 0 aliphatic carbocycles. The molecule has 0 bridgehead atoms. The Kier molecular flexibility index (Phi) is 4.90. The third-order valence-corrected chi connectivity index (χ3v) is 5.12. The van der Waals surface area contributed by atoms with E-state index in [1.165, 1.54) is 16.7 Å². The van der Waals surface area contributed by atoms with Gasteiger partial charge in [0, 0.05) is 20.2 Å². The minimum Gasteiger partial charge on any atom is -0.380 e. The van der Waals surface area contributed by atoms with Crippen molar-refractivity contribution in [3.8, 4) is 0 Å². The van der Waals surface area contributed by atoms with Gasteiger partial charge >= 0.3 is 0 Å². The molecule has 2 rings (SSSR count). The average Bonchev–Trinajstić information content (AvgIpc) is 2.98. The molecule has 0 amide bonds. The summed E-state index contributed by atoms with van der Waals surface area (Å²) in [5.41, 5.74) is 0. The smallest absolute Gasteiger partial charge is 0.246 e. The Morgan fingerprint density at radius 3 is 2.70 bits per heavy atom. The molecule has 112 valence electrons. The highest BCUT2D eigenvalue weighted by Gasteiger charge is 2.31. The van der Waals surface area contributed by atoms with Crippen LogP contribution in [-0.4, -0.2) is 55.5 Å². The van der Waals surface area contributed by atoms with Gasteiger partial charge in [-0.15, -0.1) is 0 Å². The number of anilines is 1. The van der Waals surface area contributed by atoms with Crippen molar-refractivity contribution in [3.05, 3.63) is 12.4 Å². The lowest BCUT2D eigenvalue weighted by molar-refractivity contribution is 0.181. The van der Waals surface area contributed by atoms with Crippen molar-refractivity contribution in [1.82, 2.24) is 14.3 Å². The van der Waals surface area contributed by atoms with Crippen LogP contribution >= 0.6 is 0 Å². The number of sulfonamides is 1. The zero-order valence-corrected chi connectivity index (χ0v) is 12.6. The van der Waals surface area contributed by atoms with Gasteiger partial charge in [-0.1, -0.05) is 6.92 Å². The van der Waals surface area contributed by atoms with Gasteiger partial charge in [0.15, 0.2) is 0 Å². The van der Waals surface area contributed by atoms with Crippen molar-refractivity contribution in [2.45, 2.75) is 30.7 Å². The first kappa shape index (κ1) is 15.1. The van der Waals surface area contributed by atoms with E-state index in [9.17, 15) is 8.42 Å². The zero-order chi connectivity index (χ0) is 14.6. The maximum Gasteiger partial charge on any atom is 0.246 e. The van der Waals surface area contributed by atoms with Crippen LogP contribution in [0.2, 0.25) is 0 Å². The van der Waals surface area contributed by atoms with Crippen LogP contribution in [0.1, 0.15) is 19.8 Å². The first-order valence-corrected chi connectivity index (χ1v) is 8.11. The van der Waals surface area contributed by atoms with Crippen molar-refractivity contribution in [3.63, 3.8) is 0 Å². The standard InChI is InChI=1S/C12H20N4O3S/c1-3-5-13-12-14-7-11(8-15-12)20(17,18)16(2)10-4-6-19-9-10/h7-8,10H,3-6,9H2,1-2H3,(H,13,14,15). The second-order valence-electron chi connectivity index (χ2n) is 4.71. The highest BCUT2D eigenvalue weighted by molar-refractivity contribution is 7.89. The molecule has 7 nitrogen and oxygen atoms in total. The average molecular weight is 300 g/mol. The summed E-state index contributed by atoms with van der Waals surface area (Å²) >= 11 is 0. The van der Waals surface area contributed by atoms with Crippen LogP contribution in [0.5, 0.6) is 0 Å². The van der Waals surface area contributed by atoms with Crippen LogP contribution in [0.3, 0.4) is 0 Å². The molecule has 1 fully saturated rings. The summed E-state index contributed by atoms with van der Waals surface area (Å²) in [5, 5.41) is 3.01. The molecule has 1 N–H and O–H groups in total. The van der Waals surface area contributed by atoms with E-state index in [1.807, 2.05) is 6.92 Å². The van der Waals surface area contributed by atoms with Crippen molar-refractivity contribution in [2.75, 3.05) is 32.1 Å². The molecule has 1 atom stereocenters. The summed E-state index contributed by atoms with van der Waals surface area (Å²) in [6, 6.07) is -0.113. The summed E-state index contributed by atoms with van der Waals surface area (Å²) in [5.74, 6) is 0.442. The second-order valence-corrected chi connectivity index (χ2v) is 6.71. The lowest BCUT2D eigenvalue weighted by Crippen LogP contribution is -2.37. The molecule has 0 saturated carbocycles. The molecule has 1 aliphatic rings. The Morgan fingerprint density at radius 2 is 2.15 bits per heavy atom. The number of hydrogen-bond donors (Lipinski definition) is 1. The topological polar surface area (TPSA) is 84.4 Å². The van der Waals surface area contributed by atoms with Gasteiger partial charge < -0.3 is 10.1 Å². The highest BCUT2D eigenvalue weighted by Crippen LogP contribution is 2.20. The Bertz CT molecular complexity index is 526. The van der Waals surface area contributed by atoms with Gasteiger partial charge in [-0.05, 0) is 12.8 Å². The Morgan fingerprint density at radius 1 is 1.45 bits per heavy atom. The van der Waals surface area contributed by atoms with E-state index < -0.39 is 10.0 Å². The van der Waals surface area contributed by atoms with E-state index in [4.69, 9.17) is 4.74 Å². The summed E-state index contributed by atoms with van der Waals surface area (Å²) in [7, 11) is -1.99. The Labute approximate surface area is 119 Å². The Hall–Kier alpha value is -1.25. The van der Waals surface area contributed by atoms with Gasteiger partial charge in [0.05, 0.1) is 25.0 Å². The van der Waals surface area contributed by atoms with Gasteiger partial charge in [-0.25, -0.2) is 18.4 Å². The minimum absolute atomic E-state index is 0.106. The predicted octanol–water partition coefficient (Wildman–Crippen LogP) is 0.708. The lowest BCUT2D eigenvalue weighted by Gasteiger charge is -2.22. The maximum absolute atomic E-state index is 12.4. The SMILES string of the molecule is CCCNc1ncc(S(=O)(=O)N(C)C2CCOC2)cn1.